The number of anilines is 1. The van der Waals surface area contributed by atoms with Crippen LogP contribution in [0.4, 0.5) is 5.82 Å². The van der Waals surface area contributed by atoms with Gasteiger partial charge in [0.1, 0.15) is 11.6 Å². The lowest BCUT2D eigenvalue weighted by atomic mass is 10.2. The van der Waals surface area contributed by atoms with Crippen LogP contribution in [0, 0.1) is 0 Å². The van der Waals surface area contributed by atoms with Crippen LogP contribution in [0.3, 0.4) is 0 Å². The van der Waals surface area contributed by atoms with Gasteiger partial charge >= 0.3 is 0 Å². The number of aromatic nitrogens is 2. The molecule has 1 aromatic rings. The van der Waals surface area contributed by atoms with Crippen molar-refractivity contribution in [3.8, 4) is 0 Å². The minimum Gasteiger partial charge on any atom is -0.381 e. The molecule has 17 heavy (non-hydrogen) atoms. The van der Waals surface area contributed by atoms with Crippen molar-refractivity contribution in [3.63, 3.8) is 0 Å². The van der Waals surface area contributed by atoms with Crippen LogP contribution in [-0.4, -0.2) is 29.2 Å². The van der Waals surface area contributed by atoms with Gasteiger partial charge in [0, 0.05) is 25.3 Å². The Labute approximate surface area is 103 Å². The molecule has 1 heterocycles. The Morgan fingerprint density at radius 3 is 2.88 bits per heavy atom. The quantitative estimate of drug-likeness (QED) is 0.871. The normalized spacial score (nSPS) is 24.2. The van der Waals surface area contributed by atoms with Crippen LogP contribution in [0.2, 0.25) is 0 Å². The standard InChI is InChI=1S/C13H21N3O/c1-9(2)13-14-7-6-12(16-13)15-10-4-5-11(8-10)17-3/h6-7,9-11H,4-5,8H2,1-3H3,(H,14,15,16). The van der Waals surface area contributed by atoms with E-state index in [9.17, 15) is 0 Å². The van der Waals surface area contributed by atoms with E-state index in [1.165, 1.54) is 0 Å². The summed E-state index contributed by atoms with van der Waals surface area (Å²) in [4.78, 5) is 8.79. The van der Waals surface area contributed by atoms with Crippen LogP contribution < -0.4 is 5.32 Å². The monoisotopic (exact) mass is 235 g/mol. The Morgan fingerprint density at radius 1 is 1.41 bits per heavy atom. The molecule has 0 bridgehead atoms. The Kier molecular flexibility index (Phi) is 3.94. The second-order valence-electron chi connectivity index (χ2n) is 4.97. The minimum absolute atomic E-state index is 0.368. The first-order valence-electron chi connectivity index (χ1n) is 6.31. The van der Waals surface area contributed by atoms with E-state index in [-0.39, 0.29) is 0 Å². The average molecular weight is 235 g/mol. The van der Waals surface area contributed by atoms with Crippen molar-refractivity contribution >= 4 is 5.82 Å². The highest BCUT2D eigenvalue weighted by Crippen LogP contribution is 2.24. The summed E-state index contributed by atoms with van der Waals surface area (Å²) in [5.74, 6) is 2.20. The molecule has 0 saturated heterocycles. The van der Waals surface area contributed by atoms with E-state index in [4.69, 9.17) is 4.74 Å². The van der Waals surface area contributed by atoms with Crippen LogP contribution in [0.15, 0.2) is 12.3 Å². The zero-order chi connectivity index (χ0) is 12.3. The Morgan fingerprint density at radius 2 is 2.24 bits per heavy atom. The lowest BCUT2D eigenvalue weighted by molar-refractivity contribution is 0.108. The number of nitrogens with one attached hydrogen (secondary N) is 1. The lowest BCUT2D eigenvalue weighted by Gasteiger charge is -2.14. The van der Waals surface area contributed by atoms with Crippen molar-refractivity contribution in [3.05, 3.63) is 18.1 Å². The van der Waals surface area contributed by atoms with Crippen LogP contribution in [0.5, 0.6) is 0 Å². The molecule has 2 unspecified atom stereocenters. The number of nitrogens with zero attached hydrogens (tertiary/aromatic N) is 2. The Balaban J connectivity index is 1.97. The molecule has 0 aromatic carbocycles. The largest absolute Gasteiger partial charge is 0.381 e. The molecular formula is C13H21N3O. The highest BCUT2D eigenvalue weighted by atomic mass is 16.5. The van der Waals surface area contributed by atoms with Crippen molar-refractivity contribution < 1.29 is 4.74 Å². The van der Waals surface area contributed by atoms with Gasteiger partial charge in [-0.3, -0.25) is 0 Å². The van der Waals surface area contributed by atoms with Crippen molar-refractivity contribution in [2.45, 2.75) is 51.2 Å². The molecule has 1 aliphatic carbocycles. The molecule has 1 aliphatic rings. The molecule has 2 atom stereocenters. The lowest BCUT2D eigenvalue weighted by Crippen LogP contribution is -2.18. The molecule has 2 rings (SSSR count). The first-order chi connectivity index (χ1) is 8.19. The smallest absolute Gasteiger partial charge is 0.133 e. The molecule has 1 N–H and O–H groups in total. The number of ether oxygens (including phenoxy) is 1. The van der Waals surface area contributed by atoms with Gasteiger partial charge in [-0.1, -0.05) is 13.8 Å². The second kappa shape index (κ2) is 5.45. The van der Waals surface area contributed by atoms with Crippen LogP contribution in [0.1, 0.15) is 44.9 Å². The first kappa shape index (κ1) is 12.3. The minimum atomic E-state index is 0.368. The van der Waals surface area contributed by atoms with Crippen molar-refractivity contribution in [1.82, 2.24) is 9.97 Å². The van der Waals surface area contributed by atoms with Crippen LogP contribution in [0.25, 0.3) is 0 Å². The molecule has 0 spiro atoms. The summed E-state index contributed by atoms with van der Waals surface area (Å²) in [5, 5.41) is 3.47. The summed E-state index contributed by atoms with van der Waals surface area (Å²) in [6.07, 6.45) is 5.58. The predicted octanol–water partition coefficient (Wildman–Crippen LogP) is 2.58. The van der Waals surface area contributed by atoms with Crippen molar-refractivity contribution in [2.24, 2.45) is 0 Å². The highest BCUT2D eigenvalue weighted by molar-refractivity contribution is 5.35. The number of hydrogen-bond donors (Lipinski definition) is 1. The summed E-state index contributed by atoms with van der Waals surface area (Å²) in [7, 11) is 1.79. The van der Waals surface area contributed by atoms with Crippen molar-refractivity contribution in [2.75, 3.05) is 12.4 Å². The second-order valence-corrected chi connectivity index (χ2v) is 4.97. The fourth-order valence-corrected chi connectivity index (χ4v) is 2.23. The molecule has 94 valence electrons. The van der Waals surface area contributed by atoms with Crippen LogP contribution in [-0.2, 0) is 4.74 Å². The number of hydrogen-bond acceptors (Lipinski definition) is 4. The zero-order valence-electron chi connectivity index (χ0n) is 10.8. The molecule has 0 aliphatic heterocycles. The van der Waals surface area contributed by atoms with Gasteiger partial charge < -0.3 is 10.1 Å². The van der Waals surface area contributed by atoms with Gasteiger partial charge in [-0.2, -0.15) is 0 Å². The summed E-state index contributed by atoms with van der Waals surface area (Å²) in [6, 6.07) is 2.42. The summed E-state index contributed by atoms with van der Waals surface area (Å²) < 4.78 is 5.37. The fourth-order valence-electron chi connectivity index (χ4n) is 2.23. The van der Waals surface area contributed by atoms with Crippen LogP contribution >= 0.6 is 0 Å². The summed E-state index contributed by atoms with van der Waals surface area (Å²) >= 11 is 0. The van der Waals surface area contributed by atoms with E-state index in [1.54, 1.807) is 7.11 Å². The summed E-state index contributed by atoms with van der Waals surface area (Å²) in [5.41, 5.74) is 0. The first-order valence-corrected chi connectivity index (χ1v) is 6.31. The predicted molar refractivity (Wildman–Crippen MR) is 68.2 cm³/mol. The SMILES string of the molecule is COC1CCC(Nc2ccnc(C(C)C)n2)C1. The molecule has 0 radical (unpaired) electrons. The molecule has 0 amide bonds. The van der Waals surface area contributed by atoms with Gasteiger partial charge in [0.25, 0.3) is 0 Å². The van der Waals surface area contributed by atoms with E-state index in [1.807, 2.05) is 12.3 Å². The van der Waals surface area contributed by atoms with Gasteiger partial charge in [-0.25, -0.2) is 9.97 Å². The molecule has 1 saturated carbocycles. The van der Waals surface area contributed by atoms with Gasteiger partial charge in [-0.15, -0.1) is 0 Å². The van der Waals surface area contributed by atoms with E-state index >= 15 is 0 Å². The molecule has 4 heteroatoms. The van der Waals surface area contributed by atoms with Gasteiger partial charge in [0.15, 0.2) is 0 Å². The van der Waals surface area contributed by atoms with Crippen molar-refractivity contribution in [1.29, 1.82) is 0 Å². The third-order valence-electron chi connectivity index (χ3n) is 3.26. The van der Waals surface area contributed by atoms with E-state index in [0.29, 0.717) is 18.1 Å². The third-order valence-corrected chi connectivity index (χ3v) is 3.26. The molecular weight excluding hydrogens is 214 g/mol. The third kappa shape index (κ3) is 3.16. The molecule has 1 fully saturated rings. The molecule has 1 aromatic heterocycles. The number of rotatable bonds is 4. The highest BCUT2D eigenvalue weighted by Gasteiger charge is 2.24. The van der Waals surface area contributed by atoms with E-state index < -0.39 is 0 Å². The maximum absolute atomic E-state index is 5.37. The maximum Gasteiger partial charge on any atom is 0.133 e. The zero-order valence-corrected chi connectivity index (χ0v) is 10.8. The van der Waals surface area contributed by atoms with Gasteiger partial charge in [0.05, 0.1) is 6.10 Å². The Bertz CT molecular complexity index is 367. The average Bonchev–Trinajstić information content (AvgIpc) is 2.77. The van der Waals surface area contributed by atoms with Gasteiger partial charge in [-0.05, 0) is 25.3 Å². The Hall–Kier alpha value is -1.16. The fraction of sp³-hybridized carbons (Fsp3) is 0.692. The number of methoxy groups -OCH3 is 1. The van der Waals surface area contributed by atoms with E-state index in [0.717, 1.165) is 30.9 Å². The van der Waals surface area contributed by atoms with E-state index in [2.05, 4.69) is 29.1 Å². The van der Waals surface area contributed by atoms with Gasteiger partial charge in [0.2, 0.25) is 0 Å². The summed E-state index contributed by atoms with van der Waals surface area (Å²) in [6.45, 7) is 4.21. The molecule has 4 nitrogen and oxygen atoms in total. The maximum atomic E-state index is 5.37. The topological polar surface area (TPSA) is 47.0 Å².